The molecule has 1 unspecified atom stereocenters. The lowest BCUT2D eigenvalue weighted by Crippen LogP contribution is -2.33. The molecule has 20 heavy (non-hydrogen) atoms. The highest BCUT2D eigenvalue weighted by molar-refractivity contribution is 5.87. The van der Waals surface area contributed by atoms with E-state index in [0.717, 1.165) is 11.3 Å². The molecule has 0 saturated heterocycles. The number of rotatable bonds is 3. The van der Waals surface area contributed by atoms with Crippen LogP contribution in [0.2, 0.25) is 0 Å². The summed E-state index contributed by atoms with van der Waals surface area (Å²) in [5.74, 6) is 0.0417. The van der Waals surface area contributed by atoms with Gasteiger partial charge in [-0.2, -0.15) is 0 Å². The first-order valence-electron chi connectivity index (χ1n) is 6.78. The predicted octanol–water partition coefficient (Wildman–Crippen LogP) is 2.40. The maximum absolute atomic E-state index is 12.0. The van der Waals surface area contributed by atoms with Gasteiger partial charge in [-0.15, -0.1) is 0 Å². The molecule has 0 bridgehead atoms. The van der Waals surface area contributed by atoms with Gasteiger partial charge in [0.2, 0.25) is 0 Å². The van der Waals surface area contributed by atoms with Crippen LogP contribution in [-0.4, -0.2) is 25.0 Å². The molecule has 1 aromatic carbocycles. The second kappa shape index (κ2) is 5.65. The molecule has 0 aromatic heterocycles. The summed E-state index contributed by atoms with van der Waals surface area (Å²) in [6.07, 6.45) is 0.596. The van der Waals surface area contributed by atoms with Gasteiger partial charge in [0, 0.05) is 5.41 Å². The molecule has 0 spiro atoms. The van der Waals surface area contributed by atoms with E-state index in [2.05, 4.69) is 0 Å². The van der Waals surface area contributed by atoms with E-state index in [1.165, 1.54) is 0 Å². The van der Waals surface area contributed by atoms with E-state index < -0.39 is 5.41 Å². The largest absolute Gasteiger partial charge is 0.492 e. The van der Waals surface area contributed by atoms with Crippen LogP contribution < -0.4 is 4.74 Å². The highest BCUT2D eigenvalue weighted by Gasteiger charge is 2.29. The van der Waals surface area contributed by atoms with Gasteiger partial charge in [0.1, 0.15) is 12.4 Å². The summed E-state index contributed by atoms with van der Waals surface area (Å²) in [7, 11) is 0. The molecule has 0 radical (unpaired) electrons. The second-order valence-corrected chi connectivity index (χ2v) is 6.10. The number of ketones is 1. The van der Waals surface area contributed by atoms with Crippen molar-refractivity contribution in [2.75, 3.05) is 13.2 Å². The van der Waals surface area contributed by atoms with Gasteiger partial charge in [0.15, 0.2) is 12.4 Å². The Kier molecular flexibility index (Phi) is 4.12. The number of carbonyl (C=O) groups excluding carboxylic acids is 2. The predicted molar refractivity (Wildman–Crippen MR) is 74.6 cm³/mol. The van der Waals surface area contributed by atoms with E-state index in [0.29, 0.717) is 13.0 Å². The summed E-state index contributed by atoms with van der Waals surface area (Å²) in [6.45, 7) is 5.56. The molecule has 1 aromatic rings. The minimum Gasteiger partial charge on any atom is -0.492 e. The van der Waals surface area contributed by atoms with Crippen LogP contribution >= 0.6 is 0 Å². The third kappa shape index (κ3) is 3.38. The average Bonchev–Trinajstić information content (AvgIpc) is 2.42. The quantitative estimate of drug-likeness (QED) is 0.795. The van der Waals surface area contributed by atoms with Crippen molar-refractivity contribution in [2.45, 2.75) is 27.2 Å². The van der Waals surface area contributed by atoms with Crippen molar-refractivity contribution in [2.24, 2.45) is 11.3 Å². The Bertz CT molecular complexity index is 513. The zero-order chi connectivity index (χ0) is 14.8. The van der Waals surface area contributed by atoms with Crippen LogP contribution in [0, 0.1) is 11.3 Å². The topological polar surface area (TPSA) is 52.6 Å². The van der Waals surface area contributed by atoms with Gasteiger partial charge in [-0.3, -0.25) is 9.59 Å². The van der Waals surface area contributed by atoms with Crippen molar-refractivity contribution in [3.8, 4) is 5.75 Å². The van der Waals surface area contributed by atoms with Crippen molar-refractivity contribution in [3.63, 3.8) is 0 Å². The zero-order valence-corrected chi connectivity index (χ0v) is 12.1. The Balaban J connectivity index is 1.91. The number of benzene rings is 1. The molecular formula is C16H20O4. The van der Waals surface area contributed by atoms with Crippen molar-refractivity contribution < 1.29 is 19.1 Å². The average molecular weight is 276 g/mol. The van der Waals surface area contributed by atoms with E-state index >= 15 is 0 Å². The number of hydrogen-bond donors (Lipinski definition) is 0. The van der Waals surface area contributed by atoms with Crippen molar-refractivity contribution in [1.29, 1.82) is 0 Å². The molecule has 0 aliphatic carbocycles. The minimum absolute atomic E-state index is 0.0806. The van der Waals surface area contributed by atoms with Crippen molar-refractivity contribution in [1.82, 2.24) is 0 Å². The van der Waals surface area contributed by atoms with Crippen LogP contribution in [0.25, 0.3) is 0 Å². The van der Waals surface area contributed by atoms with Gasteiger partial charge in [-0.05, 0) is 18.1 Å². The molecule has 0 amide bonds. The number of para-hydroxylation sites is 1. The monoisotopic (exact) mass is 276 g/mol. The smallest absolute Gasteiger partial charge is 0.313 e. The Morgan fingerprint density at radius 1 is 1.30 bits per heavy atom. The summed E-state index contributed by atoms with van der Waals surface area (Å²) in [5.41, 5.74) is 0.513. The van der Waals surface area contributed by atoms with Gasteiger partial charge < -0.3 is 9.47 Å². The van der Waals surface area contributed by atoms with Crippen molar-refractivity contribution >= 4 is 11.8 Å². The van der Waals surface area contributed by atoms with Crippen LogP contribution in [0.1, 0.15) is 26.3 Å². The third-order valence-corrected chi connectivity index (χ3v) is 3.39. The van der Waals surface area contributed by atoms with Gasteiger partial charge in [0.05, 0.1) is 5.92 Å². The Morgan fingerprint density at radius 2 is 2.00 bits per heavy atom. The first-order chi connectivity index (χ1) is 9.38. The fourth-order valence-electron chi connectivity index (χ4n) is 1.95. The molecule has 1 aliphatic rings. The number of Topliss-reactive ketones (excluding diaryl/α,β-unsaturated/α-hetero) is 1. The molecule has 1 atom stereocenters. The molecule has 4 nitrogen and oxygen atoms in total. The lowest BCUT2D eigenvalue weighted by atomic mass is 9.91. The number of carbonyl (C=O) groups is 2. The van der Waals surface area contributed by atoms with Crippen LogP contribution in [-0.2, 0) is 20.7 Å². The summed E-state index contributed by atoms with van der Waals surface area (Å²) < 4.78 is 10.7. The first kappa shape index (κ1) is 14.6. The number of ether oxygens (including phenoxy) is 2. The molecule has 2 rings (SSSR count). The van der Waals surface area contributed by atoms with Gasteiger partial charge in [0.25, 0.3) is 0 Å². The van der Waals surface area contributed by atoms with E-state index in [-0.39, 0.29) is 24.3 Å². The fraction of sp³-hybridized carbons (Fsp3) is 0.500. The van der Waals surface area contributed by atoms with E-state index in [1.54, 1.807) is 0 Å². The van der Waals surface area contributed by atoms with Crippen LogP contribution in [0.4, 0.5) is 0 Å². The van der Waals surface area contributed by atoms with E-state index in [9.17, 15) is 9.59 Å². The fourth-order valence-corrected chi connectivity index (χ4v) is 1.95. The molecule has 1 heterocycles. The molecule has 4 heteroatoms. The van der Waals surface area contributed by atoms with E-state index in [4.69, 9.17) is 9.47 Å². The Hall–Kier alpha value is -1.84. The number of esters is 1. The second-order valence-electron chi connectivity index (χ2n) is 6.10. The summed E-state index contributed by atoms with van der Waals surface area (Å²) in [4.78, 5) is 23.7. The number of hydrogen-bond acceptors (Lipinski definition) is 4. The maximum atomic E-state index is 12.0. The highest BCUT2D eigenvalue weighted by Crippen LogP contribution is 2.27. The third-order valence-electron chi connectivity index (χ3n) is 3.39. The standard InChI is InChI=1S/C16H20O4/c1-16(2,3)14(17)10-20-15(18)12-8-11-6-4-5-7-13(11)19-9-12/h4-7,12H,8-10H2,1-3H3. The molecule has 1 aliphatic heterocycles. The zero-order valence-electron chi connectivity index (χ0n) is 12.1. The molecular weight excluding hydrogens is 256 g/mol. The van der Waals surface area contributed by atoms with Crippen LogP contribution in [0.5, 0.6) is 5.75 Å². The van der Waals surface area contributed by atoms with Gasteiger partial charge in [-0.25, -0.2) is 0 Å². The van der Waals surface area contributed by atoms with Gasteiger partial charge >= 0.3 is 5.97 Å². The van der Waals surface area contributed by atoms with Gasteiger partial charge in [-0.1, -0.05) is 39.0 Å². The summed E-state index contributed by atoms with van der Waals surface area (Å²) in [6, 6.07) is 7.65. The molecule has 0 N–H and O–H groups in total. The Labute approximate surface area is 119 Å². The molecule has 0 saturated carbocycles. The van der Waals surface area contributed by atoms with Crippen LogP contribution in [0.15, 0.2) is 24.3 Å². The minimum atomic E-state index is -0.490. The molecule has 108 valence electrons. The lowest BCUT2D eigenvalue weighted by Gasteiger charge is -2.24. The summed E-state index contributed by atoms with van der Waals surface area (Å²) in [5, 5.41) is 0. The number of fused-ring (bicyclic) bond motifs is 1. The molecule has 0 fully saturated rings. The van der Waals surface area contributed by atoms with Crippen LogP contribution in [0.3, 0.4) is 0 Å². The highest BCUT2D eigenvalue weighted by atomic mass is 16.5. The normalized spacial score (nSPS) is 17.9. The lowest BCUT2D eigenvalue weighted by molar-refractivity contribution is -0.155. The summed E-state index contributed by atoms with van der Waals surface area (Å²) >= 11 is 0. The van der Waals surface area contributed by atoms with E-state index in [1.807, 2.05) is 45.0 Å². The maximum Gasteiger partial charge on any atom is 0.313 e. The Morgan fingerprint density at radius 3 is 2.70 bits per heavy atom. The van der Waals surface area contributed by atoms with Crippen molar-refractivity contribution in [3.05, 3.63) is 29.8 Å². The SMILES string of the molecule is CC(C)(C)C(=O)COC(=O)C1COc2ccccc2C1. The first-order valence-corrected chi connectivity index (χ1v) is 6.78.